The average molecular weight is 276 g/mol. The summed E-state index contributed by atoms with van der Waals surface area (Å²) in [6.45, 7) is 0.578. The molecule has 3 N–H and O–H groups in total. The number of amides is 1. The molecular formula is C13H16N4OS. The number of aryl methyl sites for hydroxylation is 1. The summed E-state index contributed by atoms with van der Waals surface area (Å²) in [5, 5.41) is 6.83. The SMILES string of the molecule is Cn1cc(N)c(C(=O)NCCSc2ccccc2)n1. The van der Waals surface area contributed by atoms with Gasteiger partial charge in [-0.25, -0.2) is 0 Å². The molecule has 1 aromatic carbocycles. The average Bonchev–Trinajstić information content (AvgIpc) is 2.75. The van der Waals surface area contributed by atoms with Gasteiger partial charge in [0.25, 0.3) is 5.91 Å². The Morgan fingerprint density at radius 3 is 2.79 bits per heavy atom. The number of hydrogen-bond donors (Lipinski definition) is 2. The van der Waals surface area contributed by atoms with Gasteiger partial charge in [0.05, 0.1) is 5.69 Å². The Morgan fingerprint density at radius 2 is 2.16 bits per heavy atom. The maximum atomic E-state index is 11.8. The molecule has 0 unspecified atom stereocenters. The summed E-state index contributed by atoms with van der Waals surface area (Å²) in [6, 6.07) is 10.1. The summed E-state index contributed by atoms with van der Waals surface area (Å²) in [6.07, 6.45) is 1.62. The van der Waals surface area contributed by atoms with Gasteiger partial charge in [-0.05, 0) is 12.1 Å². The molecule has 0 atom stereocenters. The third-order valence-corrected chi connectivity index (χ3v) is 3.49. The first-order chi connectivity index (χ1) is 9.16. The van der Waals surface area contributed by atoms with Gasteiger partial charge in [-0.3, -0.25) is 9.48 Å². The van der Waals surface area contributed by atoms with Crippen LogP contribution in [0, 0.1) is 0 Å². The molecule has 0 saturated heterocycles. The number of nitrogens with zero attached hydrogens (tertiary/aromatic N) is 2. The topological polar surface area (TPSA) is 72.9 Å². The predicted octanol–water partition coefficient (Wildman–Crippen LogP) is 1.52. The fraction of sp³-hybridized carbons (Fsp3) is 0.231. The van der Waals surface area contributed by atoms with Gasteiger partial charge in [-0.15, -0.1) is 11.8 Å². The summed E-state index contributed by atoms with van der Waals surface area (Å²) >= 11 is 1.70. The molecular weight excluding hydrogens is 260 g/mol. The Bertz CT molecular complexity index is 553. The van der Waals surface area contributed by atoms with Crippen LogP contribution in [-0.4, -0.2) is 28.0 Å². The molecule has 0 spiro atoms. The van der Waals surface area contributed by atoms with Crippen LogP contribution in [0.4, 0.5) is 5.69 Å². The van der Waals surface area contributed by atoms with Gasteiger partial charge in [0, 0.05) is 30.4 Å². The van der Waals surface area contributed by atoms with E-state index >= 15 is 0 Å². The quantitative estimate of drug-likeness (QED) is 0.641. The van der Waals surface area contributed by atoms with Crippen molar-refractivity contribution in [2.24, 2.45) is 7.05 Å². The standard InChI is InChI=1S/C13H16N4OS/c1-17-9-11(14)12(16-17)13(18)15-7-8-19-10-5-3-2-4-6-10/h2-6,9H,7-8,14H2,1H3,(H,15,18). The maximum Gasteiger partial charge on any atom is 0.273 e. The van der Waals surface area contributed by atoms with Crippen LogP contribution < -0.4 is 11.1 Å². The van der Waals surface area contributed by atoms with Gasteiger partial charge in [-0.1, -0.05) is 18.2 Å². The van der Waals surface area contributed by atoms with Crippen LogP contribution in [0.25, 0.3) is 0 Å². The van der Waals surface area contributed by atoms with Crippen LogP contribution in [0.1, 0.15) is 10.5 Å². The van der Waals surface area contributed by atoms with E-state index in [9.17, 15) is 4.79 Å². The van der Waals surface area contributed by atoms with Gasteiger partial charge in [0.1, 0.15) is 0 Å². The molecule has 0 saturated carbocycles. The number of carbonyl (C=O) groups excluding carboxylic acids is 1. The predicted molar refractivity (Wildman–Crippen MR) is 77.1 cm³/mol. The first kappa shape index (κ1) is 13.5. The van der Waals surface area contributed by atoms with Crippen molar-refractivity contribution in [1.82, 2.24) is 15.1 Å². The Hall–Kier alpha value is -1.95. The second-order valence-corrected chi connectivity index (χ2v) is 5.19. The number of carbonyl (C=O) groups is 1. The van der Waals surface area contributed by atoms with E-state index in [1.165, 1.54) is 9.58 Å². The van der Waals surface area contributed by atoms with Crippen LogP contribution in [0.15, 0.2) is 41.4 Å². The second kappa shape index (κ2) is 6.29. The van der Waals surface area contributed by atoms with E-state index in [0.29, 0.717) is 12.2 Å². The van der Waals surface area contributed by atoms with Crippen molar-refractivity contribution in [2.45, 2.75) is 4.90 Å². The van der Waals surface area contributed by atoms with Crippen molar-refractivity contribution < 1.29 is 4.79 Å². The van der Waals surface area contributed by atoms with Crippen molar-refractivity contribution in [2.75, 3.05) is 18.0 Å². The Balaban J connectivity index is 1.77. The van der Waals surface area contributed by atoms with Crippen molar-refractivity contribution >= 4 is 23.4 Å². The maximum absolute atomic E-state index is 11.8. The van der Waals surface area contributed by atoms with Crippen molar-refractivity contribution in [3.8, 4) is 0 Å². The molecule has 0 aliphatic heterocycles. The molecule has 1 aromatic heterocycles. The summed E-state index contributed by atoms with van der Waals surface area (Å²) in [5.41, 5.74) is 6.37. The fourth-order valence-corrected chi connectivity index (χ4v) is 2.41. The van der Waals surface area contributed by atoms with Crippen LogP contribution in [-0.2, 0) is 7.05 Å². The number of aromatic nitrogens is 2. The van der Waals surface area contributed by atoms with Crippen LogP contribution in [0.2, 0.25) is 0 Å². The molecule has 2 rings (SSSR count). The zero-order valence-electron chi connectivity index (χ0n) is 10.7. The third-order valence-electron chi connectivity index (χ3n) is 2.47. The molecule has 1 heterocycles. The molecule has 0 aliphatic rings. The Kier molecular flexibility index (Phi) is 4.46. The number of benzene rings is 1. The Labute approximate surface area is 116 Å². The fourth-order valence-electron chi connectivity index (χ4n) is 1.62. The molecule has 1 amide bonds. The normalized spacial score (nSPS) is 10.4. The van der Waals surface area contributed by atoms with Crippen LogP contribution in [0.3, 0.4) is 0 Å². The number of nitrogens with one attached hydrogen (secondary N) is 1. The number of anilines is 1. The minimum Gasteiger partial charge on any atom is -0.396 e. The highest BCUT2D eigenvalue weighted by Gasteiger charge is 2.12. The molecule has 0 bridgehead atoms. The molecule has 100 valence electrons. The highest BCUT2D eigenvalue weighted by molar-refractivity contribution is 7.99. The highest BCUT2D eigenvalue weighted by Crippen LogP contribution is 2.15. The van der Waals surface area contributed by atoms with E-state index in [0.717, 1.165) is 5.75 Å². The van der Waals surface area contributed by atoms with E-state index in [4.69, 9.17) is 5.73 Å². The molecule has 19 heavy (non-hydrogen) atoms. The van der Waals surface area contributed by atoms with E-state index in [-0.39, 0.29) is 11.6 Å². The van der Waals surface area contributed by atoms with Gasteiger partial charge < -0.3 is 11.1 Å². The first-order valence-corrected chi connectivity index (χ1v) is 6.90. The molecule has 6 heteroatoms. The highest BCUT2D eigenvalue weighted by atomic mass is 32.2. The van der Waals surface area contributed by atoms with Gasteiger partial charge in [0.15, 0.2) is 5.69 Å². The van der Waals surface area contributed by atoms with E-state index in [1.54, 1.807) is 25.0 Å². The van der Waals surface area contributed by atoms with E-state index < -0.39 is 0 Å². The molecule has 0 fully saturated rings. The number of nitrogen functional groups attached to an aromatic ring is 1. The molecule has 0 aliphatic carbocycles. The van der Waals surface area contributed by atoms with Crippen molar-refractivity contribution in [3.63, 3.8) is 0 Å². The van der Waals surface area contributed by atoms with Gasteiger partial charge in [-0.2, -0.15) is 5.10 Å². The first-order valence-electron chi connectivity index (χ1n) is 5.92. The second-order valence-electron chi connectivity index (χ2n) is 4.02. The summed E-state index contributed by atoms with van der Waals surface area (Å²) < 4.78 is 1.53. The summed E-state index contributed by atoms with van der Waals surface area (Å²) in [4.78, 5) is 13.0. The van der Waals surface area contributed by atoms with Crippen LogP contribution >= 0.6 is 11.8 Å². The Morgan fingerprint density at radius 1 is 1.42 bits per heavy atom. The summed E-state index contributed by atoms with van der Waals surface area (Å²) in [5.74, 6) is 0.578. The van der Waals surface area contributed by atoms with Gasteiger partial charge in [0.2, 0.25) is 0 Å². The van der Waals surface area contributed by atoms with E-state index in [1.807, 2.05) is 30.3 Å². The summed E-state index contributed by atoms with van der Waals surface area (Å²) in [7, 11) is 1.73. The minimum absolute atomic E-state index is 0.230. The van der Waals surface area contributed by atoms with Crippen molar-refractivity contribution in [1.29, 1.82) is 0 Å². The van der Waals surface area contributed by atoms with Crippen LogP contribution in [0.5, 0.6) is 0 Å². The number of thioether (sulfide) groups is 1. The molecule has 2 aromatic rings. The largest absolute Gasteiger partial charge is 0.396 e. The van der Waals surface area contributed by atoms with Gasteiger partial charge >= 0.3 is 0 Å². The van der Waals surface area contributed by atoms with E-state index in [2.05, 4.69) is 10.4 Å². The number of hydrogen-bond acceptors (Lipinski definition) is 4. The smallest absolute Gasteiger partial charge is 0.273 e. The lowest BCUT2D eigenvalue weighted by Gasteiger charge is -2.04. The lowest BCUT2D eigenvalue weighted by Crippen LogP contribution is -2.26. The zero-order valence-corrected chi connectivity index (χ0v) is 11.5. The number of rotatable bonds is 5. The number of nitrogens with two attached hydrogens (primary N) is 1. The molecule has 0 radical (unpaired) electrons. The zero-order chi connectivity index (χ0) is 13.7. The molecule has 5 nitrogen and oxygen atoms in total. The van der Waals surface area contributed by atoms with Crippen molar-refractivity contribution in [3.05, 3.63) is 42.2 Å². The monoisotopic (exact) mass is 276 g/mol. The lowest BCUT2D eigenvalue weighted by molar-refractivity contribution is 0.0951. The minimum atomic E-state index is -0.230. The third kappa shape index (κ3) is 3.75. The lowest BCUT2D eigenvalue weighted by atomic mass is 10.3.